The topological polar surface area (TPSA) is 56.1 Å². The Labute approximate surface area is 171 Å². The largest absolute Gasteiger partial charge is 0.338 e. The van der Waals surface area contributed by atoms with E-state index in [1.807, 2.05) is 19.9 Å². The average Bonchev–Trinajstić information content (AvgIpc) is 2.68. The standard InChI is InChI=1S/C22H25ClFN3O/c1-15(2)19(13-20(26-23)16(3)4)21(28)27-11-9-22(24,10-12-27)18-7-5-17(14-25)6-8-18/h5-8,13,26H,1,9-12H2,2-4H3/b19-13+. The lowest BCUT2D eigenvalue weighted by molar-refractivity contribution is -0.129. The number of carbonyl (C=O) groups is 1. The Morgan fingerprint density at radius 1 is 1.29 bits per heavy atom. The molecule has 1 aliphatic rings. The van der Waals surface area contributed by atoms with E-state index >= 15 is 4.39 Å². The van der Waals surface area contributed by atoms with Gasteiger partial charge in [-0.25, -0.2) is 4.39 Å². The summed E-state index contributed by atoms with van der Waals surface area (Å²) in [4.78, 5) is 17.2. The van der Waals surface area contributed by atoms with Gasteiger partial charge in [0, 0.05) is 49.0 Å². The number of amides is 1. The third-order valence-electron chi connectivity index (χ3n) is 4.99. The first-order valence-electron chi connectivity index (χ1n) is 9.12. The molecule has 1 heterocycles. The first-order chi connectivity index (χ1) is 13.2. The van der Waals surface area contributed by atoms with Crippen molar-refractivity contribution in [1.29, 1.82) is 5.26 Å². The van der Waals surface area contributed by atoms with Crippen molar-refractivity contribution >= 4 is 17.7 Å². The molecular formula is C22H25ClFN3O. The molecule has 0 radical (unpaired) electrons. The zero-order valence-corrected chi connectivity index (χ0v) is 17.2. The highest BCUT2D eigenvalue weighted by molar-refractivity contribution is 6.14. The number of piperidine rings is 1. The lowest BCUT2D eigenvalue weighted by Gasteiger charge is -2.37. The maximum Gasteiger partial charge on any atom is 0.254 e. The Morgan fingerprint density at radius 2 is 1.86 bits per heavy atom. The number of hydrogen-bond donors (Lipinski definition) is 1. The van der Waals surface area contributed by atoms with Crippen LogP contribution in [0.1, 0.15) is 44.7 Å². The second-order valence-electron chi connectivity index (χ2n) is 7.29. The lowest BCUT2D eigenvalue weighted by Crippen LogP contribution is -2.44. The molecule has 148 valence electrons. The molecule has 0 saturated carbocycles. The first kappa shape index (κ1) is 21.7. The Hall–Kier alpha value is -2.58. The van der Waals surface area contributed by atoms with Crippen molar-refractivity contribution in [3.8, 4) is 6.07 Å². The van der Waals surface area contributed by atoms with Crippen LogP contribution in [-0.2, 0) is 10.5 Å². The van der Waals surface area contributed by atoms with Crippen molar-refractivity contribution in [2.45, 2.75) is 39.3 Å². The minimum atomic E-state index is -1.50. The van der Waals surface area contributed by atoms with Crippen molar-refractivity contribution in [3.05, 3.63) is 70.5 Å². The van der Waals surface area contributed by atoms with E-state index in [4.69, 9.17) is 17.0 Å². The molecule has 0 atom stereocenters. The fraction of sp³-hybridized carbons (Fsp3) is 0.364. The summed E-state index contributed by atoms with van der Waals surface area (Å²) in [6, 6.07) is 8.59. The third kappa shape index (κ3) is 4.82. The van der Waals surface area contributed by atoms with E-state index in [1.54, 1.807) is 42.2 Å². The predicted molar refractivity (Wildman–Crippen MR) is 110 cm³/mol. The van der Waals surface area contributed by atoms with Gasteiger partial charge in [-0.05, 0) is 50.1 Å². The summed E-state index contributed by atoms with van der Waals surface area (Å²) in [5.74, 6) is -0.181. The van der Waals surface area contributed by atoms with Gasteiger partial charge in [0.25, 0.3) is 5.91 Å². The molecule has 1 N–H and O–H groups in total. The van der Waals surface area contributed by atoms with Gasteiger partial charge in [-0.1, -0.05) is 24.3 Å². The molecule has 1 amide bonds. The van der Waals surface area contributed by atoms with Gasteiger partial charge in [0.1, 0.15) is 5.67 Å². The smallest absolute Gasteiger partial charge is 0.254 e. The van der Waals surface area contributed by atoms with Gasteiger partial charge in [0.05, 0.1) is 11.6 Å². The zero-order chi connectivity index (χ0) is 20.9. The Bertz CT molecular complexity index is 853. The number of benzene rings is 1. The quantitative estimate of drug-likeness (QED) is 0.434. The molecule has 0 aromatic heterocycles. The van der Waals surface area contributed by atoms with Crippen LogP contribution in [0.5, 0.6) is 0 Å². The summed E-state index contributed by atoms with van der Waals surface area (Å²) in [6.07, 6.45) is 2.10. The Kier molecular flexibility index (Phi) is 7.04. The molecule has 1 aliphatic heterocycles. The van der Waals surface area contributed by atoms with Crippen LogP contribution in [-0.4, -0.2) is 23.9 Å². The molecule has 0 bridgehead atoms. The first-order valence-corrected chi connectivity index (χ1v) is 9.50. The van der Waals surface area contributed by atoms with Crippen molar-refractivity contribution in [3.63, 3.8) is 0 Å². The highest BCUT2D eigenvalue weighted by atomic mass is 35.5. The second-order valence-corrected chi connectivity index (χ2v) is 7.48. The summed E-state index contributed by atoms with van der Waals surface area (Å²) in [5, 5.41) is 8.89. The molecule has 28 heavy (non-hydrogen) atoms. The fourth-order valence-corrected chi connectivity index (χ4v) is 3.39. The molecule has 6 heteroatoms. The summed E-state index contributed by atoms with van der Waals surface area (Å²) in [5.41, 5.74) is 2.20. The van der Waals surface area contributed by atoms with Crippen LogP contribution >= 0.6 is 11.8 Å². The van der Waals surface area contributed by atoms with Crippen molar-refractivity contribution in [2.24, 2.45) is 0 Å². The Balaban J connectivity index is 2.17. The zero-order valence-electron chi connectivity index (χ0n) is 16.5. The number of rotatable bonds is 5. The molecule has 1 aromatic rings. The molecule has 1 fully saturated rings. The number of nitrogens with zero attached hydrogens (tertiary/aromatic N) is 2. The van der Waals surface area contributed by atoms with Gasteiger partial charge >= 0.3 is 0 Å². The molecular weight excluding hydrogens is 377 g/mol. The van der Waals surface area contributed by atoms with E-state index < -0.39 is 5.67 Å². The van der Waals surface area contributed by atoms with Crippen molar-refractivity contribution < 1.29 is 9.18 Å². The minimum absolute atomic E-state index is 0.181. The van der Waals surface area contributed by atoms with E-state index in [-0.39, 0.29) is 18.7 Å². The lowest BCUT2D eigenvalue weighted by atomic mass is 9.85. The molecule has 1 saturated heterocycles. The van der Waals surface area contributed by atoms with Crippen LogP contribution in [0.2, 0.25) is 0 Å². The Morgan fingerprint density at radius 3 is 2.29 bits per heavy atom. The average molecular weight is 402 g/mol. The number of allylic oxidation sites excluding steroid dienone is 2. The van der Waals surface area contributed by atoms with Gasteiger partial charge in [-0.2, -0.15) is 5.26 Å². The van der Waals surface area contributed by atoms with Crippen LogP contribution in [0.3, 0.4) is 0 Å². The number of hydrogen-bond acceptors (Lipinski definition) is 3. The summed E-state index contributed by atoms with van der Waals surface area (Å²) in [6.45, 7) is 10.0. The molecule has 0 unspecified atom stereocenters. The van der Waals surface area contributed by atoms with E-state index in [1.165, 1.54) is 0 Å². The summed E-state index contributed by atoms with van der Waals surface area (Å²) in [7, 11) is 0. The van der Waals surface area contributed by atoms with Crippen LogP contribution in [0, 0.1) is 11.3 Å². The van der Waals surface area contributed by atoms with Gasteiger partial charge in [0.2, 0.25) is 0 Å². The molecule has 2 rings (SSSR count). The van der Waals surface area contributed by atoms with Crippen molar-refractivity contribution in [2.75, 3.05) is 13.1 Å². The number of carbonyl (C=O) groups excluding carboxylic acids is 1. The molecule has 0 spiro atoms. The van der Waals surface area contributed by atoms with Crippen LogP contribution < -0.4 is 4.84 Å². The fourth-order valence-electron chi connectivity index (χ4n) is 3.14. The van der Waals surface area contributed by atoms with Crippen LogP contribution in [0.15, 0.2) is 59.3 Å². The maximum atomic E-state index is 15.4. The monoisotopic (exact) mass is 401 g/mol. The molecule has 4 nitrogen and oxygen atoms in total. The molecule has 0 aliphatic carbocycles. The van der Waals surface area contributed by atoms with Gasteiger partial charge in [0.15, 0.2) is 0 Å². The van der Waals surface area contributed by atoms with Crippen LogP contribution in [0.25, 0.3) is 0 Å². The van der Waals surface area contributed by atoms with Gasteiger partial charge in [-0.3, -0.25) is 9.63 Å². The third-order valence-corrected chi connectivity index (χ3v) is 5.20. The second kappa shape index (κ2) is 9.07. The summed E-state index contributed by atoms with van der Waals surface area (Å²) >= 11 is 5.75. The predicted octanol–water partition coefficient (Wildman–Crippen LogP) is 4.89. The number of alkyl halides is 1. The normalized spacial score (nSPS) is 16.1. The number of likely N-dealkylation sites (tertiary alicyclic amines) is 1. The number of nitriles is 1. The highest BCUT2D eigenvalue weighted by Gasteiger charge is 2.38. The summed E-state index contributed by atoms with van der Waals surface area (Å²) < 4.78 is 15.4. The number of nitrogens with one attached hydrogen (secondary N) is 1. The van der Waals surface area contributed by atoms with E-state index in [9.17, 15) is 4.79 Å². The van der Waals surface area contributed by atoms with E-state index in [0.717, 1.165) is 5.57 Å². The van der Waals surface area contributed by atoms with Crippen LogP contribution in [0.4, 0.5) is 4.39 Å². The highest BCUT2D eigenvalue weighted by Crippen LogP contribution is 2.37. The number of halogens is 2. The minimum Gasteiger partial charge on any atom is -0.338 e. The SMILES string of the molecule is C=C(C)/C(=C\C(NCl)=C(C)C)C(=O)N1CCC(F)(c2ccc(C#N)cc2)CC1. The van der Waals surface area contributed by atoms with Gasteiger partial charge < -0.3 is 4.90 Å². The molecule has 1 aromatic carbocycles. The van der Waals surface area contributed by atoms with E-state index in [2.05, 4.69) is 11.4 Å². The van der Waals surface area contributed by atoms with E-state index in [0.29, 0.717) is 41.1 Å². The maximum absolute atomic E-state index is 15.4. The van der Waals surface area contributed by atoms with Gasteiger partial charge in [-0.15, -0.1) is 0 Å². The van der Waals surface area contributed by atoms with Crippen molar-refractivity contribution in [1.82, 2.24) is 9.74 Å².